The molecule has 0 spiro atoms. The van der Waals surface area contributed by atoms with Gasteiger partial charge < -0.3 is 9.64 Å². The van der Waals surface area contributed by atoms with Crippen LogP contribution in [-0.2, 0) is 14.3 Å². The first kappa shape index (κ1) is 18.9. The third-order valence-corrected chi connectivity index (χ3v) is 3.01. The molecule has 0 rings (SSSR count). The van der Waals surface area contributed by atoms with E-state index in [1.807, 2.05) is 24.0 Å². The molecule has 0 atom stereocenters. The Morgan fingerprint density at radius 2 is 1.67 bits per heavy atom. The molecule has 0 aliphatic rings. The van der Waals surface area contributed by atoms with Crippen molar-refractivity contribution < 1.29 is 14.3 Å². The van der Waals surface area contributed by atoms with Crippen molar-refractivity contribution in [2.24, 2.45) is 0 Å². The lowest BCUT2D eigenvalue weighted by Crippen LogP contribution is -2.41. The Hall–Kier alpha value is -2.12. The summed E-state index contributed by atoms with van der Waals surface area (Å²) in [4.78, 5) is 26.7. The normalized spacial score (nSPS) is 9.76. The summed E-state index contributed by atoms with van der Waals surface area (Å²) < 4.78 is 4.57. The van der Waals surface area contributed by atoms with Crippen molar-refractivity contribution in [2.45, 2.75) is 26.2 Å². The lowest BCUT2D eigenvalue weighted by Gasteiger charge is -2.25. The Bertz CT molecular complexity index is 393. The molecule has 21 heavy (non-hydrogen) atoms. The number of esters is 1. The van der Waals surface area contributed by atoms with Crippen LogP contribution in [0.15, 0.2) is 0 Å². The van der Waals surface area contributed by atoms with E-state index < -0.39 is 0 Å². The largest absolute Gasteiger partial charge is 0.469 e. The molecule has 7 nitrogen and oxygen atoms in total. The van der Waals surface area contributed by atoms with Crippen LogP contribution < -0.4 is 0 Å². The van der Waals surface area contributed by atoms with Gasteiger partial charge in [-0.15, -0.1) is 0 Å². The lowest BCUT2D eigenvalue weighted by molar-refractivity contribution is -0.141. The van der Waals surface area contributed by atoms with Gasteiger partial charge in [0, 0.05) is 19.6 Å². The molecule has 0 unspecified atom stereocenters. The third kappa shape index (κ3) is 8.61. The summed E-state index contributed by atoms with van der Waals surface area (Å²) in [5, 5.41) is 17.2. The number of carbonyl (C=O) groups excluding carboxylic acids is 2. The molecule has 7 heteroatoms. The number of nitriles is 2. The highest BCUT2D eigenvalue weighted by molar-refractivity contribution is 5.78. The number of ether oxygens (including phenoxy) is 1. The monoisotopic (exact) mass is 294 g/mol. The van der Waals surface area contributed by atoms with E-state index in [1.54, 1.807) is 0 Å². The fourth-order valence-corrected chi connectivity index (χ4v) is 1.72. The summed E-state index contributed by atoms with van der Waals surface area (Å²) in [5.74, 6) is -0.445. The summed E-state index contributed by atoms with van der Waals surface area (Å²) in [6.45, 7) is 3.80. The molecule has 0 heterocycles. The summed E-state index contributed by atoms with van der Waals surface area (Å²) in [5.41, 5.74) is 0. The smallest absolute Gasteiger partial charge is 0.306 e. The Labute approximate surface area is 125 Å². The van der Waals surface area contributed by atoms with Gasteiger partial charge in [-0.2, -0.15) is 10.5 Å². The summed E-state index contributed by atoms with van der Waals surface area (Å²) >= 11 is 0. The van der Waals surface area contributed by atoms with Crippen LogP contribution in [0.3, 0.4) is 0 Å². The zero-order valence-corrected chi connectivity index (χ0v) is 12.7. The first-order valence-electron chi connectivity index (χ1n) is 6.89. The van der Waals surface area contributed by atoms with Crippen molar-refractivity contribution in [3.8, 4) is 12.1 Å². The zero-order chi connectivity index (χ0) is 16.1. The molecule has 0 N–H and O–H groups in total. The van der Waals surface area contributed by atoms with Crippen LogP contribution in [0, 0.1) is 22.7 Å². The van der Waals surface area contributed by atoms with Crippen LogP contribution in [0.25, 0.3) is 0 Å². The molecule has 0 aliphatic carbocycles. The molecule has 116 valence electrons. The molecule has 0 saturated heterocycles. The Morgan fingerprint density at radius 1 is 1.10 bits per heavy atom. The van der Waals surface area contributed by atoms with E-state index in [9.17, 15) is 9.59 Å². The molecular formula is C14H22N4O3. The number of amides is 1. The second-order valence-corrected chi connectivity index (χ2v) is 4.39. The van der Waals surface area contributed by atoms with Gasteiger partial charge >= 0.3 is 5.97 Å². The summed E-state index contributed by atoms with van der Waals surface area (Å²) in [6, 6.07) is 3.99. The highest BCUT2D eigenvalue weighted by Crippen LogP contribution is 2.00. The van der Waals surface area contributed by atoms with Gasteiger partial charge in [-0.3, -0.25) is 14.5 Å². The number of hydrogen-bond acceptors (Lipinski definition) is 6. The van der Waals surface area contributed by atoms with Crippen molar-refractivity contribution in [3.05, 3.63) is 0 Å². The highest BCUT2D eigenvalue weighted by atomic mass is 16.5. The Balaban J connectivity index is 4.43. The summed E-state index contributed by atoms with van der Waals surface area (Å²) in [7, 11) is 1.33. The van der Waals surface area contributed by atoms with Crippen LogP contribution >= 0.6 is 0 Å². The van der Waals surface area contributed by atoms with Crippen molar-refractivity contribution in [3.63, 3.8) is 0 Å². The van der Waals surface area contributed by atoms with Gasteiger partial charge in [-0.1, -0.05) is 6.92 Å². The van der Waals surface area contributed by atoms with E-state index in [2.05, 4.69) is 4.74 Å². The lowest BCUT2D eigenvalue weighted by atomic mass is 10.3. The van der Waals surface area contributed by atoms with E-state index in [4.69, 9.17) is 10.5 Å². The van der Waals surface area contributed by atoms with Crippen LogP contribution in [-0.4, -0.2) is 61.5 Å². The fourth-order valence-electron chi connectivity index (χ4n) is 1.72. The molecule has 1 amide bonds. The number of hydrogen-bond donors (Lipinski definition) is 0. The van der Waals surface area contributed by atoms with Gasteiger partial charge in [-0.05, 0) is 6.54 Å². The van der Waals surface area contributed by atoms with Crippen molar-refractivity contribution >= 4 is 11.9 Å². The second kappa shape index (κ2) is 11.7. The predicted octanol–water partition coefficient (Wildman–Crippen LogP) is 0.527. The molecule has 0 aliphatic heterocycles. The number of carbonyl (C=O) groups is 2. The minimum absolute atomic E-state index is 0.132. The van der Waals surface area contributed by atoms with Gasteiger partial charge in [0.05, 0.1) is 45.1 Å². The molecule has 0 aromatic heterocycles. The van der Waals surface area contributed by atoms with E-state index in [0.717, 1.165) is 0 Å². The molecule has 0 aromatic rings. The van der Waals surface area contributed by atoms with Gasteiger partial charge in [0.25, 0.3) is 0 Å². The summed E-state index contributed by atoms with van der Waals surface area (Å²) in [6.07, 6.45) is 0.713. The Kier molecular flexibility index (Phi) is 10.5. The third-order valence-electron chi connectivity index (χ3n) is 3.01. The SMILES string of the molecule is CCN(CCC(=O)OC)CC(=O)N(CCC#N)CCC#N. The molecule has 0 bridgehead atoms. The van der Waals surface area contributed by atoms with Crippen molar-refractivity contribution in [1.29, 1.82) is 10.5 Å². The number of methoxy groups -OCH3 is 1. The average molecular weight is 294 g/mol. The van der Waals surface area contributed by atoms with E-state index in [-0.39, 0.29) is 37.7 Å². The number of rotatable bonds is 10. The maximum atomic E-state index is 12.2. The van der Waals surface area contributed by atoms with E-state index >= 15 is 0 Å². The molecule has 0 saturated carbocycles. The van der Waals surface area contributed by atoms with Crippen LogP contribution in [0.1, 0.15) is 26.2 Å². The van der Waals surface area contributed by atoms with Crippen LogP contribution in [0.2, 0.25) is 0 Å². The quantitative estimate of drug-likeness (QED) is 0.545. The number of likely N-dealkylation sites (N-methyl/N-ethyl adjacent to an activating group) is 1. The van der Waals surface area contributed by atoms with E-state index in [0.29, 0.717) is 26.2 Å². The molecule has 0 radical (unpaired) electrons. The average Bonchev–Trinajstić information content (AvgIpc) is 2.50. The van der Waals surface area contributed by atoms with Gasteiger partial charge in [0.2, 0.25) is 5.91 Å². The van der Waals surface area contributed by atoms with E-state index in [1.165, 1.54) is 12.0 Å². The number of nitrogens with zero attached hydrogens (tertiary/aromatic N) is 4. The molecule has 0 aromatic carbocycles. The van der Waals surface area contributed by atoms with Gasteiger partial charge in [0.1, 0.15) is 0 Å². The topological polar surface area (TPSA) is 97.4 Å². The van der Waals surface area contributed by atoms with Crippen LogP contribution in [0.5, 0.6) is 0 Å². The van der Waals surface area contributed by atoms with Crippen molar-refractivity contribution in [1.82, 2.24) is 9.80 Å². The van der Waals surface area contributed by atoms with Gasteiger partial charge in [0.15, 0.2) is 0 Å². The maximum absolute atomic E-state index is 12.2. The standard InChI is InChI=1S/C14H22N4O3/c1-3-17(11-6-14(20)21-2)12-13(19)18(9-4-7-15)10-5-8-16/h3-6,9-12H2,1-2H3. The first-order valence-corrected chi connectivity index (χ1v) is 6.89. The zero-order valence-electron chi connectivity index (χ0n) is 12.7. The van der Waals surface area contributed by atoms with Crippen molar-refractivity contribution in [2.75, 3.05) is 39.8 Å². The second-order valence-electron chi connectivity index (χ2n) is 4.39. The maximum Gasteiger partial charge on any atom is 0.306 e. The minimum atomic E-state index is -0.313. The molecular weight excluding hydrogens is 272 g/mol. The minimum Gasteiger partial charge on any atom is -0.469 e. The first-order chi connectivity index (χ1) is 10.1. The predicted molar refractivity (Wildman–Crippen MR) is 75.8 cm³/mol. The van der Waals surface area contributed by atoms with Crippen LogP contribution in [0.4, 0.5) is 0 Å². The molecule has 0 fully saturated rings. The highest BCUT2D eigenvalue weighted by Gasteiger charge is 2.17. The fraction of sp³-hybridized carbons (Fsp3) is 0.714. The Morgan fingerprint density at radius 3 is 2.10 bits per heavy atom. The van der Waals surface area contributed by atoms with Gasteiger partial charge in [-0.25, -0.2) is 0 Å².